The van der Waals surface area contributed by atoms with E-state index in [1.165, 1.54) is 0 Å². The third-order valence-corrected chi connectivity index (χ3v) is 3.94. The number of nitrogens with zero attached hydrogens (tertiary/aromatic N) is 1. The first-order valence-corrected chi connectivity index (χ1v) is 7.80. The van der Waals surface area contributed by atoms with Crippen LogP contribution in [0.2, 0.25) is 0 Å². The van der Waals surface area contributed by atoms with Gasteiger partial charge >= 0.3 is 0 Å². The standard InChI is InChI=1S/C13H17N3O3S/c1-9-7-11(15-19-9)8-20(17,18)16-13-6-4-3-5-12(13)10(2)14/h3-7,10,16H,8,14H2,1-2H3. The van der Waals surface area contributed by atoms with Crippen LogP contribution >= 0.6 is 0 Å². The molecule has 0 saturated heterocycles. The van der Waals surface area contributed by atoms with Crippen LogP contribution in [-0.2, 0) is 15.8 Å². The first-order chi connectivity index (χ1) is 9.37. The normalized spacial score (nSPS) is 13.2. The third-order valence-electron chi connectivity index (χ3n) is 2.73. The molecule has 108 valence electrons. The second-order valence-corrected chi connectivity index (χ2v) is 6.39. The summed E-state index contributed by atoms with van der Waals surface area (Å²) in [4.78, 5) is 0. The Morgan fingerprint density at radius 2 is 2.10 bits per heavy atom. The summed E-state index contributed by atoms with van der Waals surface area (Å²) in [5, 5.41) is 3.68. The monoisotopic (exact) mass is 295 g/mol. The van der Waals surface area contributed by atoms with Gasteiger partial charge in [-0.1, -0.05) is 23.4 Å². The molecule has 1 aromatic carbocycles. The van der Waals surface area contributed by atoms with Crippen LogP contribution in [0.25, 0.3) is 0 Å². The van der Waals surface area contributed by atoms with Gasteiger partial charge in [-0.05, 0) is 25.5 Å². The van der Waals surface area contributed by atoms with Crippen molar-refractivity contribution < 1.29 is 12.9 Å². The smallest absolute Gasteiger partial charge is 0.238 e. The van der Waals surface area contributed by atoms with Crippen molar-refractivity contribution in [1.29, 1.82) is 0 Å². The molecule has 0 saturated carbocycles. The fourth-order valence-corrected chi connectivity index (χ4v) is 2.99. The highest BCUT2D eigenvalue weighted by Crippen LogP contribution is 2.22. The first kappa shape index (κ1) is 14.5. The van der Waals surface area contributed by atoms with E-state index in [0.717, 1.165) is 5.56 Å². The number of sulfonamides is 1. The molecule has 20 heavy (non-hydrogen) atoms. The van der Waals surface area contributed by atoms with Gasteiger partial charge in [0.1, 0.15) is 17.2 Å². The molecule has 2 aromatic rings. The van der Waals surface area contributed by atoms with E-state index in [1.54, 1.807) is 38.1 Å². The number of aromatic nitrogens is 1. The number of nitrogens with one attached hydrogen (secondary N) is 1. The van der Waals surface area contributed by atoms with E-state index in [-0.39, 0.29) is 11.8 Å². The van der Waals surface area contributed by atoms with E-state index in [0.29, 0.717) is 17.1 Å². The minimum absolute atomic E-state index is 0.238. The summed E-state index contributed by atoms with van der Waals surface area (Å²) < 4.78 is 31.6. The Bertz CT molecular complexity index is 692. The van der Waals surface area contributed by atoms with E-state index in [4.69, 9.17) is 10.3 Å². The van der Waals surface area contributed by atoms with Gasteiger partial charge in [0.25, 0.3) is 0 Å². The lowest BCUT2D eigenvalue weighted by atomic mass is 10.1. The Balaban J connectivity index is 2.20. The molecular formula is C13H17N3O3S. The largest absolute Gasteiger partial charge is 0.361 e. The predicted molar refractivity (Wildman–Crippen MR) is 76.5 cm³/mol. The summed E-state index contributed by atoms with van der Waals surface area (Å²) in [5.41, 5.74) is 7.43. The molecule has 7 heteroatoms. The molecule has 0 radical (unpaired) electrons. The zero-order valence-corrected chi connectivity index (χ0v) is 12.1. The highest BCUT2D eigenvalue weighted by Gasteiger charge is 2.17. The summed E-state index contributed by atoms with van der Waals surface area (Å²) in [6.45, 7) is 3.51. The lowest BCUT2D eigenvalue weighted by molar-refractivity contribution is 0.392. The van der Waals surface area contributed by atoms with Gasteiger partial charge in [0.05, 0.1) is 5.69 Å². The molecule has 1 atom stereocenters. The van der Waals surface area contributed by atoms with Crippen LogP contribution in [-0.4, -0.2) is 13.6 Å². The minimum atomic E-state index is -3.56. The summed E-state index contributed by atoms with van der Waals surface area (Å²) in [5.74, 6) is 0.337. The highest BCUT2D eigenvalue weighted by molar-refractivity contribution is 7.91. The Morgan fingerprint density at radius 3 is 2.70 bits per heavy atom. The maximum Gasteiger partial charge on any atom is 0.238 e. The summed E-state index contributed by atoms with van der Waals surface area (Å²) >= 11 is 0. The van der Waals surface area contributed by atoms with E-state index in [2.05, 4.69) is 9.88 Å². The molecule has 3 N–H and O–H groups in total. The van der Waals surface area contributed by atoms with E-state index < -0.39 is 10.0 Å². The lowest BCUT2D eigenvalue weighted by Crippen LogP contribution is -2.18. The molecular weight excluding hydrogens is 278 g/mol. The van der Waals surface area contributed by atoms with Crippen LogP contribution in [0, 0.1) is 6.92 Å². The van der Waals surface area contributed by atoms with Crippen LogP contribution in [0.1, 0.15) is 30.0 Å². The maximum absolute atomic E-state index is 12.1. The van der Waals surface area contributed by atoms with Crippen molar-refractivity contribution in [2.24, 2.45) is 5.73 Å². The lowest BCUT2D eigenvalue weighted by Gasteiger charge is -2.14. The van der Waals surface area contributed by atoms with Gasteiger partial charge in [-0.2, -0.15) is 0 Å². The van der Waals surface area contributed by atoms with Gasteiger partial charge < -0.3 is 10.3 Å². The molecule has 0 aliphatic heterocycles. The second-order valence-electron chi connectivity index (χ2n) is 4.67. The van der Waals surface area contributed by atoms with Crippen LogP contribution in [0.4, 0.5) is 5.69 Å². The number of benzene rings is 1. The van der Waals surface area contributed by atoms with Crippen molar-refractivity contribution in [2.75, 3.05) is 4.72 Å². The number of rotatable bonds is 5. The Kier molecular flexibility index (Phi) is 4.10. The van der Waals surface area contributed by atoms with Gasteiger partial charge in [-0.3, -0.25) is 4.72 Å². The minimum Gasteiger partial charge on any atom is -0.361 e. The van der Waals surface area contributed by atoms with Crippen LogP contribution < -0.4 is 10.5 Å². The molecule has 0 aliphatic carbocycles. The maximum atomic E-state index is 12.1. The van der Waals surface area contributed by atoms with Gasteiger partial charge in [0, 0.05) is 12.1 Å². The number of aryl methyl sites for hydroxylation is 1. The highest BCUT2D eigenvalue weighted by atomic mass is 32.2. The van der Waals surface area contributed by atoms with Crippen molar-refractivity contribution in [1.82, 2.24) is 5.16 Å². The van der Waals surface area contributed by atoms with Crippen molar-refractivity contribution in [3.8, 4) is 0 Å². The van der Waals surface area contributed by atoms with E-state index >= 15 is 0 Å². The number of para-hydroxylation sites is 1. The summed E-state index contributed by atoms with van der Waals surface area (Å²) in [7, 11) is -3.56. The summed E-state index contributed by atoms with van der Waals surface area (Å²) in [6, 6.07) is 8.38. The molecule has 0 aliphatic rings. The predicted octanol–water partition coefficient (Wildman–Crippen LogP) is 1.94. The molecule has 0 bridgehead atoms. The number of nitrogens with two attached hydrogens (primary N) is 1. The van der Waals surface area contributed by atoms with Crippen molar-refractivity contribution >= 4 is 15.7 Å². The average Bonchev–Trinajstić information content (AvgIpc) is 2.73. The molecule has 1 heterocycles. The van der Waals surface area contributed by atoms with Gasteiger partial charge in [-0.25, -0.2) is 8.42 Å². The van der Waals surface area contributed by atoms with Gasteiger partial charge in [-0.15, -0.1) is 0 Å². The quantitative estimate of drug-likeness (QED) is 0.878. The third kappa shape index (κ3) is 3.58. The number of hydrogen-bond acceptors (Lipinski definition) is 5. The molecule has 2 rings (SSSR count). The Hall–Kier alpha value is -1.86. The average molecular weight is 295 g/mol. The molecule has 0 amide bonds. The SMILES string of the molecule is Cc1cc(CS(=O)(=O)Nc2ccccc2C(C)N)no1. The zero-order chi connectivity index (χ0) is 14.8. The van der Waals surface area contributed by atoms with Crippen LogP contribution in [0.15, 0.2) is 34.9 Å². The fraction of sp³-hybridized carbons (Fsp3) is 0.308. The molecule has 1 unspecified atom stereocenters. The fourth-order valence-electron chi connectivity index (χ4n) is 1.87. The Morgan fingerprint density at radius 1 is 1.40 bits per heavy atom. The van der Waals surface area contributed by atoms with Gasteiger partial charge in [0.2, 0.25) is 10.0 Å². The number of hydrogen-bond donors (Lipinski definition) is 2. The molecule has 6 nitrogen and oxygen atoms in total. The van der Waals surface area contributed by atoms with Crippen LogP contribution in [0.3, 0.4) is 0 Å². The number of anilines is 1. The van der Waals surface area contributed by atoms with Crippen molar-refractivity contribution in [2.45, 2.75) is 25.6 Å². The van der Waals surface area contributed by atoms with E-state index in [9.17, 15) is 8.42 Å². The summed E-state index contributed by atoms with van der Waals surface area (Å²) in [6.07, 6.45) is 0. The second kappa shape index (κ2) is 5.64. The topological polar surface area (TPSA) is 98.2 Å². The van der Waals surface area contributed by atoms with Gasteiger partial charge in [0.15, 0.2) is 0 Å². The molecule has 1 aromatic heterocycles. The van der Waals surface area contributed by atoms with E-state index in [1.807, 2.05) is 6.07 Å². The Labute approximate surface area is 118 Å². The first-order valence-electron chi connectivity index (χ1n) is 6.14. The van der Waals surface area contributed by atoms with Crippen molar-refractivity contribution in [3.05, 3.63) is 47.3 Å². The zero-order valence-electron chi connectivity index (χ0n) is 11.3. The molecule has 0 fully saturated rings. The van der Waals surface area contributed by atoms with Crippen LogP contribution in [0.5, 0.6) is 0 Å². The molecule has 0 spiro atoms. The van der Waals surface area contributed by atoms with Crippen molar-refractivity contribution in [3.63, 3.8) is 0 Å².